The van der Waals surface area contributed by atoms with Crippen LogP contribution in [0.15, 0.2) is 46.9 Å². The first-order valence-electron chi connectivity index (χ1n) is 6.55. The Kier molecular flexibility index (Phi) is 5.91. The van der Waals surface area contributed by atoms with E-state index in [2.05, 4.69) is 15.9 Å². The van der Waals surface area contributed by atoms with E-state index in [0.717, 1.165) is 15.8 Å². The van der Waals surface area contributed by atoms with Gasteiger partial charge in [0.05, 0.1) is 11.1 Å². The second kappa shape index (κ2) is 7.69. The minimum Gasteiger partial charge on any atom is -0.490 e. The average Bonchev–Trinajstić information content (AvgIpc) is 2.46. The number of aliphatic hydroxyl groups excluding tert-OH is 1. The smallest absolute Gasteiger partial charge is 0.138 e. The Balaban J connectivity index is 1.82. The summed E-state index contributed by atoms with van der Waals surface area (Å²) in [6.45, 7) is 2.51. The number of benzene rings is 2. The van der Waals surface area contributed by atoms with Gasteiger partial charge in [-0.05, 0) is 48.9 Å². The first-order chi connectivity index (χ1) is 10.1. The summed E-state index contributed by atoms with van der Waals surface area (Å²) in [6.07, 6.45) is -0.544. The average molecular weight is 372 g/mol. The van der Waals surface area contributed by atoms with E-state index < -0.39 is 6.10 Å². The van der Waals surface area contributed by atoms with Gasteiger partial charge >= 0.3 is 0 Å². The molecule has 0 amide bonds. The molecule has 2 rings (SSSR count). The van der Waals surface area contributed by atoms with Crippen LogP contribution in [0.2, 0.25) is 5.02 Å². The Morgan fingerprint density at radius 3 is 2.38 bits per heavy atom. The van der Waals surface area contributed by atoms with Gasteiger partial charge in [0.1, 0.15) is 24.7 Å². The summed E-state index contributed by atoms with van der Waals surface area (Å²) in [5.41, 5.74) is 0.762. The highest BCUT2D eigenvalue weighted by Crippen LogP contribution is 2.27. The third-order valence-corrected chi connectivity index (χ3v) is 3.69. The van der Waals surface area contributed by atoms with Crippen molar-refractivity contribution in [3.63, 3.8) is 0 Å². The van der Waals surface area contributed by atoms with Gasteiger partial charge < -0.3 is 14.6 Å². The Labute approximate surface area is 137 Å². The van der Waals surface area contributed by atoms with E-state index in [-0.39, 0.29) is 0 Å². The summed E-state index contributed by atoms with van der Waals surface area (Å²) < 4.78 is 12.1. The quantitative estimate of drug-likeness (QED) is 0.753. The number of ether oxygens (including phenoxy) is 2. The maximum Gasteiger partial charge on any atom is 0.138 e. The molecule has 0 heterocycles. The molecule has 0 radical (unpaired) electrons. The molecule has 0 aliphatic rings. The van der Waals surface area contributed by atoms with Crippen LogP contribution in [0.4, 0.5) is 0 Å². The number of hydrogen-bond donors (Lipinski definition) is 1. The Bertz CT molecular complexity index is 585. The van der Waals surface area contributed by atoms with Crippen LogP contribution in [0.25, 0.3) is 0 Å². The SMILES string of the molecule is CC(O)c1ccc(OCCOc2ccc(Br)cc2)c(Cl)c1. The molecule has 0 aliphatic carbocycles. The molecule has 1 N–H and O–H groups in total. The molecule has 0 saturated carbocycles. The van der Waals surface area contributed by atoms with E-state index in [9.17, 15) is 5.11 Å². The van der Waals surface area contributed by atoms with Crippen molar-refractivity contribution >= 4 is 27.5 Å². The van der Waals surface area contributed by atoms with Gasteiger partial charge in [-0.15, -0.1) is 0 Å². The van der Waals surface area contributed by atoms with Crippen molar-refractivity contribution in [2.24, 2.45) is 0 Å². The second-order valence-electron chi connectivity index (χ2n) is 4.52. The zero-order valence-electron chi connectivity index (χ0n) is 11.6. The van der Waals surface area contributed by atoms with E-state index in [4.69, 9.17) is 21.1 Å². The van der Waals surface area contributed by atoms with E-state index in [0.29, 0.717) is 24.0 Å². The third-order valence-electron chi connectivity index (χ3n) is 2.86. The molecule has 21 heavy (non-hydrogen) atoms. The van der Waals surface area contributed by atoms with Crippen LogP contribution in [0.3, 0.4) is 0 Å². The van der Waals surface area contributed by atoms with Crippen LogP contribution >= 0.6 is 27.5 Å². The molecule has 0 aromatic heterocycles. The molecule has 2 aromatic rings. The fraction of sp³-hybridized carbons (Fsp3) is 0.250. The second-order valence-corrected chi connectivity index (χ2v) is 5.84. The lowest BCUT2D eigenvalue weighted by Crippen LogP contribution is -2.09. The number of rotatable bonds is 6. The van der Waals surface area contributed by atoms with Gasteiger partial charge in [-0.2, -0.15) is 0 Å². The van der Waals surface area contributed by atoms with Gasteiger partial charge in [0.25, 0.3) is 0 Å². The zero-order valence-corrected chi connectivity index (χ0v) is 13.9. The minimum atomic E-state index is -0.544. The van der Waals surface area contributed by atoms with E-state index in [1.807, 2.05) is 24.3 Å². The lowest BCUT2D eigenvalue weighted by atomic mass is 10.1. The Morgan fingerprint density at radius 2 is 1.76 bits per heavy atom. The van der Waals surface area contributed by atoms with Crippen molar-refractivity contribution < 1.29 is 14.6 Å². The highest BCUT2D eigenvalue weighted by atomic mass is 79.9. The predicted molar refractivity (Wildman–Crippen MR) is 87.2 cm³/mol. The predicted octanol–water partition coefficient (Wildman–Crippen LogP) is 4.61. The van der Waals surface area contributed by atoms with Crippen molar-refractivity contribution in [1.29, 1.82) is 0 Å². The minimum absolute atomic E-state index is 0.393. The summed E-state index contributed by atoms with van der Waals surface area (Å²) in [4.78, 5) is 0. The summed E-state index contributed by atoms with van der Waals surface area (Å²) in [5.74, 6) is 1.37. The van der Waals surface area contributed by atoms with Gasteiger partial charge in [-0.1, -0.05) is 33.6 Å². The Morgan fingerprint density at radius 1 is 1.10 bits per heavy atom. The van der Waals surface area contributed by atoms with Crippen molar-refractivity contribution in [3.8, 4) is 11.5 Å². The van der Waals surface area contributed by atoms with Crippen LogP contribution in [0.1, 0.15) is 18.6 Å². The van der Waals surface area contributed by atoms with Crippen LogP contribution in [-0.4, -0.2) is 18.3 Å². The van der Waals surface area contributed by atoms with Gasteiger partial charge in [-0.3, -0.25) is 0 Å². The van der Waals surface area contributed by atoms with Gasteiger partial charge in [0.2, 0.25) is 0 Å². The molecular weight excluding hydrogens is 356 g/mol. The number of aliphatic hydroxyl groups is 1. The molecule has 0 bridgehead atoms. The van der Waals surface area contributed by atoms with Crippen LogP contribution < -0.4 is 9.47 Å². The highest BCUT2D eigenvalue weighted by Gasteiger charge is 2.06. The molecule has 0 fully saturated rings. The van der Waals surface area contributed by atoms with Crippen molar-refractivity contribution in [2.75, 3.05) is 13.2 Å². The fourth-order valence-corrected chi connectivity index (χ4v) is 2.24. The first kappa shape index (κ1) is 16.1. The largest absolute Gasteiger partial charge is 0.490 e. The topological polar surface area (TPSA) is 38.7 Å². The lowest BCUT2D eigenvalue weighted by molar-refractivity contribution is 0.198. The first-order valence-corrected chi connectivity index (χ1v) is 7.72. The molecule has 1 atom stereocenters. The van der Waals surface area contributed by atoms with Crippen molar-refractivity contribution in [3.05, 3.63) is 57.5 Å². The molecule has 0 aliphatic heterocycles. The zero-order chi connectivity index (χ0) is 15.2. The summed E-state index contributed by atoms with van der Waals surface area (Å²) in [7, 11) is 0. The highest BCUT2D eigenvalue weighted by molar-refractivity contribution is 9.10. The molecule has 0 spiro atoms. The molecular formula is C16H16BrClO3. The van der Waals surface area contributed by atoms with Crippen molar-refractivity contribution in [2.45, 2.75) is 13.0 Å². The standard InChI is InChI=1S/C16H16BrClO3/c1-11(19)12-2-7-16(15(18)10-12)21-9-8-20-14-5-3-13(17)4-6-14/h2-7,10-11,19H,8-9H2,1H3. The third kappa shape index (κ3) is 4.92. The van der Waals surface area contributed by atoms with E-state index in [1.165, 1.54) is 0 Å². The Hall–Kier alpha value is -1.23. The lowest BCUT2D eigenvalue weighted by Gasteiger charge is -2.11. The maximum absolute atomic E-state index is 9.48. The van der Waals surface area contributed by atoms with E-state index in [1.54, 1.807) is 25.1 Å². The summed E-state index contributed by atoms with van der Waals surface area (Å²) in [5, 5.41) is 9.96. The van der Waals surface area contributed by atoms with Gasteiger partial charge in [-0.25, -0.2) is 0 Å². The van der Waals surface area contributed by atoms with Crippen molar-refractivity contribution in [1.82, 2.24) is 0 Å². The molecule has 1 unspecified atom stereocenters. The van der Waals surface area contributed by atoms with Gasteiger partial charge in [0.15, 0.2) is 0 Å². The molecule has 0 saturated heterocycles. The molecule has 3 nitrogen and oxygen atoms in total. The summed E-state index contributed by atoms with van der Waals surface area (Å²) >= 11 is 9.47. The fourth-order valence-electron chi connectivity index (χ4n) is 1.74. The molecule has 2 aromatic carbocycles. The van der Waals surface area contributed by atoms with Gasteiger partial charge in [0, 0.05) is 4.47 Å². The van der Waals surface area contributed by atoms with E-state index >= 15 is 0 Å². The summed E-state index contributed by atoms with van der Waals surface area (Å²) in [6, 6.07) is 12.9. The van der Waals surface area contributed by atoms with Crippen LogP contribution in [0.5, 0.6) is 11.5 Å². The van der Waals surface area contributed by atoms with Crippen LogP contribution in [0, 0.1) is 0 Å². The monoisotopic (exact) mass is 370 g/mol. The number of hydrogen-bond acceptors (Lipinski definition) is 3. The number of halogens is 2. The molecule has 112 valence electrons. The normalized spacial score (nSPS) is 12.0. The van der Waals surface area contributed by atoms with Crippen LogP contribution in [-0.2, 0) is 0 Å². The maximum atomic E-state index is 9.48. The molecule has 5 heteroatoms.